The summed E-state index contributed by atoms with van der Waals surface area (Å²) in [4.78, 5) is 11.1. The van der Waals surface area contributed by atoms with Crippen LogP contribution >= 0.6 is 11.3 Å². The van der Waals surface area contributed by atoms with E-state index in [4.69, 9.17) is 5.10 Å². The molecular weight excluding hydrogens is 280 g/mol. The maximum absolute atomic E-state index is 4.70. The summed E-state index contributed by atoms with van der Waals surface area (Å²) in [5, 5.41) is 5.81. The van der Waals surface area contributed by atoms with E-state index in [-0.39, 0.29) is 0 Å². The van der Waals surface area contributed by atoms with Gasteiger partial charge >= 0.3 is 0 Å². The van der Waals surface area contributed by atoms with Gasteiger partial charge in [-0.3, -0.25) is 5.43 Å². The minimum Gasteiger partial charge on any atom is -0.261 e. The highest BCUT2D eigenvalue weighted by atomic mass is 32.1. The van der Waals surface area contributed by atoms with Crippen LogP contribution in [0.5, 0.6) is 0 Å². The summed E-state index contributed by atoms with van der Waals surface area (Å²) in [5.41, 5.74) is 5.74. The molecule has 2 aromatic rings. The average molecular weight is 302 g/mol. The van der Waals surface area contributed by atoms with Crippen molar-refractivity contribution >= 4 is 33.1 Å². The van der Waals surface area contributed by atoms with Gasteiger partial charge in [-0.25, -0.2) is 9.97 Å². The second-order valence-corrected chi connectivity index (χ2v) is 7.27. The van der Waals surface area contributed by atoms with E-state index < -0.39 is 0 Å². The van der Waals surface area contributed by atoms with Gasteiger partial charge in [-0.05, 0) is 44.1 Å². The van der Waals surface area contributed by atoms with Crippen LogP contribution in [-0.4, -0.2) is 15.7 Å². The van der Waals surface area contributed by atoms with E-state index in [0.717, 1.165) is 16.0 Å². The first-order valence-corrected chi connectivity index (χ1v) is 8.43. The van der Waals surface area contributed by atoms with Crippen LogP contribution in [0.4, 0.5) is 5.82 Å². The number of hydrogen-bond acceptors (Lipinski definition) is 5. The summed E-state index contributed by atoms with van der Waals surface area (Å²) in [5.74, 6) is 1.95. The summed E-state index contributed by atoms with van der Waals surface area (Å²) in [6.07, 6.45) is 5.40. The Bertz CT molecular complexity index is 677. The number of nitrogens with one attached hydrogen (secondary N) is 1. The normalized spacial score (nSPS) is 22.6. The third-order valence-corrected chi connectivity index (χ3v) is 5.66. The first-order valence-electron chi connectivity index (χ1n) is 7.62. The molecule has 0 radical (unpaired) electrons. The maximum atomic E-state index is 4.70. The molecule has 0 aromatic carbocycles. The molecule has 5 heteroatoms. The maximum Gasteiger partial charge on any atom is 0.158 e. The third kappa shape index (κ3) is 2.67. The fourth-order valence-electron chi connectivity index (χ4n) is 3.12. The van der Waals surface area contributed by atoms with Gasteiger partial charge in [-0.2, -0.15) is 5.10 Å². The van der Waals surface area contributed by atoms with Gasteiger partial charge in [0.15, 0.2) is 5.82 Å². The van der Waals surface area contributed by atoms with Crippen molar-refractivity contribution in [1.82, 2.24) is 9.97 Å². The molecule has 3 rings (SSSR count). The minimum absolute atomic E-state index is 0.559. The van der Waals surface area contributed by atoms with Crippen LogP contribution in [0.2, 0.25) is 0 Å². The van der Waals surface area contributed by atoms with Gasteiger partial charge in [-0.15, -0.1) is 11.3 Å². The molecular formula is C16H22N4S. The van der Waals surface area contributed by atoms with E-state index in [2.05, 4.69) is 43.1 Å². The van der Waals surface area contributed by atoms with E-state index in [0.29, 0.717) is 11.8 Å². The Morgan fingerprint density at radius 3 is 2.62 bits per heavy atom. The molecule has 1 N–H and O–H groups in total. The molecule has 0 bridgehead atoms. The topological polar surface area (TPSA) is 50.2 Å². The highest BCUT2D eigenvalue weighted by Crippen LogP contribution is 2.33. The van der Waals surface area contributed by atoms with Gasteiger partial charge in [-0.1, -0.05) is 20.3 Å². The summed E-state index contributed by atoms with van der Waals surface area (Å²) in [6.45, 7) is 8.79. The van der Waals surface area contributed by atoms with Crippen molar-refractivity contribution in [2.24, 2.45) is 16.9 Å². The predicted octanol–water partition coefficient (Wildman–Crippen LogP) is 4.53. The van der Waals surface area contributed by atoms with Gasteiger partial charge < -0.3 is 0 Å². The number of anilines is 1. The van der Waals surface area contributed by atoms with Crippen molar-refractivity contribution in [2.45, 2.75) is 47.0 Å². The summed E-state index contributed by atoms with van der Waals surface area (Å²) < 4.78 is 0. The lowest BCUT2D eigenvalue weighted by Crippen LogP contribution is -2.25. The lowest BCUT2D eigenvalue weighted by Gasteiger charge is -2.26. The second-order valence-electron chi connectivity index (χ2n) is 6.07. The molecule has 2 aromatic heterocycles. The number of hydrogen-bond donors (Lipinski definition) is 1. The molecule has 0 unspecified atom stereocenters. The zero-order chi connectivity index (χ0) is 15.0. The quantitative estimate of drug-likeness (QED) is 0.829. The standard InChI is InChI=1S/C16H22N4S/c1-9-6-5-7-10(2)14(9)19-20-15-13-11(3)12(4)21-16(13)18-8-17-15/h8-10H,5-7H2,1-4H3,(H,17,18,20)/t9-,10-/m1/s1. The van der Waals surface area contributed by atoms with E-state index in [1.807, 2.05) is 0 Å². The second kappa shape index (κ2) is 5.72. The van der Waals surface area contributed by atoms with Crippen LogP contribution in [0, 0.1) is 25.7 Å². The summed E-state index contributed by atoms with van der Waals surface area (Å²) in [7, 11) is 0. The van der Waals surface area contributed by atoms with Gasteiger partial charge in [0.1, 0.15) is 11.2 Å². The third-order valence-electron chi connectivity index (χ3n) is 4.54. The molecule has 4 nitrogen and oxygen atoms in total. The number of aromatic nitrogens is 2. The predicted molar refractivity (Wildman–Crippen MR) is 90.1 cm³/mol. The minimum atomic E-state index is 0.559. The van der Waals surface area contributed by atoms with E-state index in [1.54, 1.807) is 17.7 Å². The Labute approximate surface area is 129 Å². The Morgan fingerprint density at radius 2 is 1.90 bits per heavy atom. The molecule has 2 heterocycles. The average Bonchev–Trinajstić information content (AvgIpc) is 2.74. The van der Waals surface area contributed by atoms with Crippen LogP contribution in [0.25, 0.3) is 10.2 Å². The van der Waals surface area contributed by atoms with Crippen LogP contribution in [-0.2, 0) is 0 Å². The van der Waals surface area contributed by atoms with Gasteiger partial charge in [0.05, 0.1) is 5.39 Å². The van der Waals surface area contributed by atoms with Gasteiger partial charge in [0.25, 0.3) is 0 Å². The van der Waals surface area contributed by atoms with Crippen molar-refractivity contribution in [3.05, 3.63) is 16.8 Å². The lowest BCUT2D eigenvalue weighted by atomic mass is 9.81. The van der Waals surface area contributed by atoms with Crippen molar-refractivity contribution in [3.8, 4) is 0 Å². The fourth-order valence-corrected chi connectivity index (χ4v) is 4.11. The molecule has 1 aliphatic carbocycles. The van der Waals surface area contributed by atoms with Gasteiger partial charge in [0, 0.05) is 10.6 Å². The number of hydrazone groups is 1. The van der Waals surface area contributed by atoms with Crippen molar-refractivity contribution < 1.29 is 0 Å². The summed E-state index contributed by atoms with van der Waals surface area (Å²) in [6, 6.07) is 0. The van der Waals surface area contributed by atoms with Crippen LogP contribution < -0.4 is 5.43 Å². The van der Waals surface area contributed by atoms with Gasteiger partial charge in [0.2, 0.25) is 0 Å². The zero-order valence-electron chi connectivity index (χ0n) is 13.1. The van der Waals surface area contributed by atoms with Crippen LogP contribution in [0.1, 0.15) is 43.6 Å². The van der Waals surface area contributed by atoms with E-state index in [9.17, 15) is 0 Å². The molecule has 1 aliphatic rings. The Hall–Kier alpha value is -1.49. The molecule has 1 saturated carbocycles. The lowest BCUT2D eigenvalue weighted by molar-refractivity contribution is 0.486. The van der Waals surface area contributed by atoms with Crippen LogP contribution in [0.3, 0.4) is 0 Å². The Balaban J connectivity index is 1.95. The first kappa shape index (κ1) is 14.4. The highest BCUT2D eigenvalue weighted by Gasteiger charge is 2.23. The number of thiophene rings is 1. The number of rotatable bonds is 2. The number of nitrogens with zero attached hydrogens (tertiary/aromatic N) is 3. The summed E-state index contributed by atoms with van der Waals surface area (Å²) >= 11 is 1.72. The Kier molecular flexibility index (Phi) is 3.93. The fraction of sp³-hybridized carbons (Fsp3) is 0.562. The smallest absolute Gasteiger partial charge is 0.158 e. The Morgan fingerprint density at radius 1 is 1.19 bits per heavy atom. The largest absolute Gasteiger partial charge is 0.261 e. The van der Waals surface area contributed by atoms with Crippen molar-refractivity contribution in [2.75, 3.05) is 5.43 Å². The van der Waals surface area contributed by atoms with E-state index in [1.165, 1.54) is 35.4 Å². The molecule has 2 atom stereocenters. The van der Waals surface area contributed by atoms with Crippen molar-refractivity contribution in [3.63, 3.8) is 0 Å². The number of fused-ring (bicyclic) bond motifs is 1. The SMILES string of the molecule is Cc1sc2ncnc(NN=C3[C@H](C)CCC[C@H]3C)c2c1C. The molecule has 112 valence electrons. The van der Waals surface area contributed by atoms with Crippen molar-refractivity contribution in [1.29, 1.82) is 0 Å². The molecule has 0 amide bonds. The molecule has 21 heavy (non-hydrogen) atoms. The first-order chi connectivity index (χ1) is 10.1. The molecule has 0 aliphatic heterocycles. The highest BCUT2D eigenvalue weighted by molar-refractivity contribution is 7.18. The zero-order valence-corrected chi connectivity index (χ0v) is 13.9. The number of aryl methyl sites for hydroxylation is 2. The monoisotopic (exact) mass is 302 g/mol. The van der Waals surface area contributed by atoms with Crippen LogP contribution in [0.15, 0.2) is 11.4 Å². The molecule has 1 fully saturated rings. The molecule has 0 saturated heterocycles. The van der Waals surface area contributed by atoms with E-state index >= 15 is 0 Å². The molecule has 0 spiro atoms.